The Morgan fingerprint density at radius 2 is 1.96 bits per heavy atom. The highest BCUT2D eigenvalue weighted by Crippen LogP contribution is 2.13. The lowest BCUT2D eigenvalue weighted by Gasteiger charge is -2.06. The first kappa shape index (κ1) is 17.9. The second-order valence-corrected chi connectivity index (χ2v) is 5.93. The van der Waals surface area contributed by atoms with Gasteiger partial charge in [-0.05, 0) is 24.5 Å². The monoisotopic (exact) mass is 332 g/mol. The zero-order chi connectivity index (χ0) is 17.5. The average molecular weight is 332 g/mol. The quantitative estimate of drug-likeness (QED) is 0.717. The molecule has 2 aromatic heterocycles. The summed E-state index contributed by atoms with van der Waals surface area (Å²) >= 11 is 0. The Morgan fingerprint density at radius 3 is 2.67 bits per heavy atom. The maximum atomic E-state index is 12.4. The fourth-order valence-electron chi connectivity index (χ4n) is 2.27. The number of amides is 2. The van der Waals surface area contributed by atoms with E-state index < -0.39 is 0 Å². The van der Waals surface area contributed by atoms with Crippen molar-refractivity contribution in [3.63, 3.8) is 0 Å². The molecule has 0 radical (unpaired) electrons. The van der Waals surface area contributed by atoms with Crippen LogP contribution in [-0.4, -0.2) is 48.0 Å². The third kappa shape index (κ3) is 4.32. The zero-order valence-corrected chi connectivity index (χ0v) is 14.3. The number of methoxy groups -OCH3 is 1. The van der Waals surface area contributed by atoms with E-state index in [1.54, 1.807) is 29.8 Å². The summed E-state index contributed by atoms with van der Waals surface area (Å²) in [6.45, 7) is 5.57. The lowest BCUT2D eigenvalue weighted by atomic mass is 10.1. The van der Waals surface area contributed by atoms with Crippen LogP contribution in [0.25, 0.3) is 5.52 Å². The normalized spacial score (nSPS) is 11.0. The van der Waals surface area contributed by atoms with Crippen LogP contribution in [-0.2, 0) is 4.74 Å². The summed E-state index contributed by atoms with van der Waals surface area (Å²) in [5.41, 5.74) is 0.835. The largest absolute Gasteiger partial charge is 0.383 e. The Morgan fingerprint density at radius 1 is 1.21 bits per heavy atom. The fourth-order valence-corrected chi connectivity index (χ4v) is 2.27. The van der Waals surface area contributed by atoms with Crippen LogP contribution < -0.4 is 10.6 Å². The van der Waals surface area contributed by atoms with E-state index in [0.29, 0.717) is 31.1 Å². The number of carbonyl (C=O) groups excluding carboxylic acids is 2. The van der Waals surface area contributed by atoms with E-state index in [9.17, 15) is 9.59 Å². The summed E-state index contributed by atoms with van der Waals surface area (Å²) in [5.74, 6) is 0.112. The van der Waals surface area contributed by atoms with Crippen LogP contribution in [0.2, 0.25) is 0 Å². The van der Waals surface area contributed by atoms with Gasteiger partial charge in [-0.15, -0.1) is 0 Å². The van der Waals surface area contributed by atoms with Crippen molar-refractivity contribution in [1.29, 1.82) is 0 Å². The number of nitrogens with zero attached hydrogens (tertiary/aromatic N) is 2. The predicted molar refractivity (Wildman–Crippen MR) is 91.2 cm³/mol. The molecule has 2 rings (SSSR count). The van der Waals surface area contributed by atoms with Crippen LogP contribution in [0.3, 0.4) is 0 Å². The van der Waals surface area contributed by atoms with Gasteiger partial charge < -0.3 is 15.4 Å². The van der Waals surface area contributed by atoms with Crippen molar-refractivity contribution in [3.05, 3.63) is 35.9 Å². The molecule has 0 unspecified atom stereocenters. The number of pyridine rings is 1. The van der Waals surface area contributed by atoms with Gasteiger partial charge in [0.05, 0.1) is 12.1 Å². The third-order valence-electron chi connectivity index (χ3n) is 3.57. The van der Waals surface area contributed by atoms with Gasteiger partial charge in [-0.1, -0.05) is 19.9 Å². The summed E-state index contributed by atoms with van der Waals surface area (Å²) in [5, 5.41) is 5.58. The highest BCUT2D eigenvalue weighted by atomic mass is 16.5. The molecule has 2 N–H and O–H groups in total. The second kappa shape index (κ2) is 8.44. The van der Waals surface area contributed by atoms with Crippen LogP contribution in [0, 0.1) is 5.92 Å². The molecule has 0 saturated carbocycles. The van der Waals surface area contributed by atoms with Gasteiger partial charge >= 0.3 is 0 Å². The predicted octanol–water partition coefficient (Wildman–Crippen LogP) is 1.49. The molecule has 24 heavy (non-hydrogen) atoms. The topological polar surface area (TPSA) is 84.7 Å². The summed E-state index contributed by atoms with van der Waals surface area (Å²) < 4.78 is 6.55. The number of ether oxygens (including phenoxy) is 1. The van der Waals surface area contributed by atoms with Crippen LogP contribution in [0.1, 0.15) is 41.4 Å². The van der Waals surface area contributed by atoms with E-state index in [1.807, 2.05) is 6.07 Å². The van der Waals surface area contributed by atoms with Crippen molar-refractivity contribution in [1.82, 2.24) is 20.0 Å². The van der Waals surface area contributed by atoms with Crippen LogP contribution in [0.15, 0.2) is 24.4 Å². The van der Waals surface area contributed by atoms with Gasteiger partial charge in [0.1, 0.15) is 0 Å². The first-order chi connectivity index (χ1) is 11.5. The van der Waals surface area contributed by atoms with E-state index in [4.69, 9.17) is 4.74 Å². The van der Waals surface area contributed by atoms with Crippen molar-refractivity contribution in [2.45, 2.75) is 20.3 Å². The maximum absolute atomic E-state index is 12.4. The van der Waals surface area contributed by atoms with Crippen molar-refractivity contribution < 1.29 is 14.3 Å². The third-order valence-corrected chi connectivity index (χ3v) is 3.57. The molecule has 0 saturated heterocycles. The van der Waals surface area contributed by atoms with E-state index in [-0.39, 0.29) is 23.3 Å². The summed E-state index contributed by atoms with van der Waals surface area (Å²) in [6, 6.07) is 5.37. The molecule has 7 nitrogen and oxygen atoms in total. The van der Waals surface area contributed by atoms with E-state index in [2.05, 4.69) is 29.5 Å². The number of rotatable bonds is 8. The number of nitrogens with one attached hydrogen (secondary N) is 2. The minimum Gasteiger partial charge on any atom is -0.383 e. The van der Waals surface area contributed by atoms with E-state index in [1.165, 1.54) is 0 Å². The number of hydrogen-bond acceptors (Lipinski definition) is 4. The SMILES string of the molecule is COCCNC(=O)c1nc(C(=O)NCCC(C)C)n2ccccc12. The number of aromatic nitrogens is 2. The Kier molecular flexibility index (Phi) is 6.31. The fraction of sp³-hybridized carbons (Fsp3) is 0.471. The molecule has 0 bridgehead atoms. The average Bonchev–Trinajstić information content (AvgIpc) is 2.94. The van der Waals surface area contributed by atoms with Crippen LogP contribution in [0.5, 0.6) is 0 Å². The van der Waals surface area contributed by atoms with E-state index >= 15 is 0 Å². The van der Waals surface area contributed by atoms with Crippen molar-refractivity contribution in [2.24, 2.45) is 5.92 Å². The first-order valence-corrected chi connectivity index (χ1v) is 8.07. The van der Waals surface area contributed by atoms with Gasteiger partial charge in [-0.25, -0.2) is 4.98 Å². The minimum absolute atomic E-state index is 0.214. The lowest BCUT2D eigenvalue weighted by Crippen LogP contribution is -2.28. The van der Waals surface area contributed by atoms with Crippen molar-refractivity contribution >= 4 is 17.3 Å². The van der Waals surface area contributed by atoms with Crippen molar-refractivity contribution in [3.8, 4) is 0 Å². The van der Waals surface area contributed by atoms with Crippen LogP contribution >= 0.6 is 0 Å². The Hall–Kier alpha value is -2.41. The zero-order valence-electron chi connectivity index (χ0n) is 14.3. The molecule has 0 aliphatic rings. The lowest BCUT2D eigenvalue weighted by molar-refractivity contribution is 0.0934. The van der Waals surface area contributed by atoms with Crippen LogP contribution in [0.4, 0.5) is 0 Å². The Balaban J connectivity index is 2.21. The number of fused-ring (bicyclic) bond motifs is 1. The molecule has 0 fully saturated rings. The minimum atomic E-state index is -0.322. The van der Waals surface area contributed by atoms with Gasteiger partial charge in [-0.2, -0.15) is 0 Å². The molecule has 7 heteroatoms. The molecule has 2 amide bonds. The van der Waals surface area contributed by atoms with Gasteiger partial charge in [0.25, 0.3) is 11.8 Å². The summed E-state index contributed by atoms with van der Waals surface area (Å²) in [4.78, 5) is 29.0. The molecule has 0 aromatic carbocycles. The standard InChI is InChI=1S/C17H24N4O3/c1-12(2)7-8-18-17(23)15-20-14(16(22)19-9-11-24-3)13-6-4-5-10-21(13)15/h4-6,10,12H,7-9,11H2,1-3H3,(H,18,23)(H,19,22). The number of imidazole rings is 1. The molecule has 130 valence electrons. The maximum Gasteiger partial charge on any atom is 0.287 e. The van der Waals surface area contributed by atoms with Gasteiger partial charge in [0, 0.05) is 26.4 Å². The highest BCUT2D eigenvalue weighted by molar-refractivity contribution is 6.02. The molecule has 0 atom stereocenters. The molecular formula is C17H24N4O3. The first-order valence-electron chi connectivity index (χ1n) is 8.07. The van der Waals surface area contributed by atoms with Gasteiger partial charge in [-0.3, -0.25) is 14.0 Å². The van der Waals surface area contributed by atoms with E-state index in [0.717, 1.165) is 6.42 Å². The Labute approximate surface area is 141 Å². The Bertz CT molecular complexity index is 709. The molecule has 2 aromatic rings. The second-order valence-electron chi connectivity index (χ2n) is 5.93. The molecule has 2 heterocycles. The molecule has 0 spiro atoms. The molecular weight excluding hydrogens is 308 g/mol. The van der Waals surface area contributed by atoms with Gasteiger partial charge in [0.2, 0.25) is 5.82 Å². The summed E-state index contributed by atoms with van der Waals surface area (Å²) in [6.07, 6.45) is 2.62. The smallest absolute Gasteiger partial charge is 0.287 e. The highest BCUT2D eigenvalue weighted by Gasteiger charge is 2.20. The molecule has 0 aliphatic carbocycles. The summed E-state index contributed by atoms with van der Waals surface area (Å²) in [7, 11) is 1.57. The van der Waals surface area contributed by atoms with Gasteiger partial charge in [0.15, 0.2) is 5.69 Å². The number of carbonyl (C=O) groups is 2. The van der Waals surface area contributed by atoms with Crippen molar-refractivity contribution in [2.75, 3.05) is 26.8 Å². The number of hydrogen-bond donors (Lipinski definition) is 2. The molecule has 0 aliphatic heterocycles.